The third-order valence-corrected chi connectivity index (χ3v) is 3.65. The Morgan fingerprint density at radius 2 is 2.14 bits per heavy atom. The van der Waals surface area contributed by atoms with Crippen LogP contribution in [0.3, 0.4) is 0 Å². The van der Waals surface area contributed by atoms with Crippen LogP contribution in [-0.4, -0.2) is 9.55 Å². The molecule has 0 amide bonds. The van der Waals surface area contributed by atoms with Crippen molar-refractivity contribution in [3.63, 3.8) is 0 Å². The van der Waals surface area contributed by atoms with Crippen LogP contribution >= 0.6 is 0 Å². The van der Waals surface area contributed by atoms with Gasteiger partial charge in [-0.2, -0.15) is 0 Å². The van der Waals surface area contributed by atoms with Gasteiger partial charge in [0.25, 0.3) is 0 Å². The first-order valence-electron chi connectivity index (χ1n) is 7.16. The van der Waals surface area contributed by atoms with Crippen molar-refractivity contribution < 1.29 is 4.74 Å². The number of para-hydroxylation sites is 1. The molecular formula is C17H19N3O. The van der Waals surface area contributed by atoms with Gasteiger partial charge >= 0.3 is 0 Å². The molecule has 1 aromatic carbocycles. The third-order valence-electron chi connectivity index (χ3n) is 3.65. The number of nitrogens with zero attached hydrogens (tertiary/aromatic N) is 2. The zero-order valence-corrected chi connectivity index (χ0v) is 12.1. The van der Waals surface area contributed by atoms with E-state index >= 15 is 0 Å². The van der Waals surface area contributed by atoms with Crippen molar-refractivity contribution in [3.8, 4) is 5.75 Å². The molecule has 0 fully saturated rings. The van der Waals surface area contributed by atoms with Crippen LogP contribution in [0.15, 0.2) is 48.8 Å². The first-order chi connectivity index (χ1) is 10.3. The summed E-state index contributed by atoms with van der Waals surface area (Å²) < 4.78 is 8.09. The molecule has 0 saturated heterocycles. The number of aromatic nitrogens is 2. The van der Waals surface area contributed by atoms with E-state index < -0.39 is 0 Å². The minimum absolute atomic E-state index is 0.526. The van der Waals surface area contributed by atoms with Crippen molar-refractivity contribution in [2.24, 2.45) is 5.73 Å². The van der Waals surface area contributed by atoms with Gasteiger partial charge in [0.2, 0.25) is 0 Å². The fraction of sp³-hybridized carbons (Fsp3) is 0.235. The maximum atomic E-state index is 5.86. The predicted molar refractivity (Wildman–Crippen MR) is 84.1 cm³/mol. The molecule has 0 aliphatic rings. The topological polar surface area (TPSA) is 53.1 Å². The second-order valence-electron chi connectivity index (χ2n) is 4.92. The molecule has 108 valence electrons. The van der Waals surface area contributed by atoms with E-state index in [0.29, 0.717) is 13.2 Å². The molecule has 0 spiro atoms. The van der Waals surface area contributed by atoms with Crippen molar-refractivity contribution in [3.05, 3.63) is 60.0 Å². The average molecular weight is 281 g/mol. The lowest BCUT2D eigenvalue weighted by atomic mass is 10.1. The van der Waals surface area contributed by atoms with Crippen LogP contribution in [0, 0.1) is 0 Å². The van der Waals surface area contributed by atoms with Crippen LogP contribution in [-0.2, 0) is 19.7 Å². The fourth-order valence-electron chi connectivity index (χ4n) is 2.69. The summed E-state index contributed by atoms with van der Waals surface area (Å²) in [5.41, 5.74) is 9.39. The Morgan fingerprint density at radius 3 is 2.86 bits per heavy atom. The molecule has 0 aliphatic carbocycles. The van der Waals surface area contributed by atoms with Gasteiger partial charge < -0.3 is 15.0 Å². The van der Waals surface area contributed by atoms with Crippen LogP contribution in [0.25, 0.3) is 10.9 Å². The summed E-state index contributed by atoms with van der Waals surface area (Å²) in [4.78, 5) is 4.06. The number of ether oxygens (including phenoxy) is 1. The van der Waals surface area contributed by atoms with E-state index in [-0.39, 0.29) is 0 Å². The number of fused-ring (bicyclic) bond motifs is 1. The van der Waals surface area contributed by atoms with Crippen molar-refractivity contribution in [1.29, 1.82) is 0 Å². The second-order valence-corrected chi connectivity index (χ2v) is 4.92. The molecule has 3 rings (SSSR count). The van der Waals surface area contributed by atoms with Crippen LogP contribution in [0.4, 0.5) is 0 Å². The fourth-order valence-corrected chi connectivity index (χ4v) is 2.69. The lowest BCUT2D eigenvalue weighted by Gasteiger charge is -2.11. The maximum absolute atomic E-state index is 5.86. The van der Waals surface area contributed by atoms with Crippen molar-refractivity contribution >= 4 is 10.9 Å². The second kappa shape index (κ2) is 5.97. The summed E-state index contributed by atoms with van der Waals surface area (Å²) in [7, 11) is 0. The van der Waals surface area contributed by atoms with Gasteiger partial charge in [-0.15, -0.1) is 0 Å². The van der Waals surface area contributed by atoms with Crippen LogP contribution in [0.5, 0.6) is 5.75 Å². The minimum Gasteiger partial charge on any atom is -0.486 e. The van der Waals surface area contributed by atoms with Crippen molar-refractivity contribution in [1.82, 2.24) is 9.55 Å². The number of hydrogen-bond donors (Lipinski definition) is 1. The SMILES string of the molecule is CCn1c(COc2cccnc2)cc2cccc(CN)c21. The normalized spacial score (nSPS) is 11.0. The highest BCUT2D eigenvalue weighted by Crippen LogP contribution is 2.24. The van der Waals surface area contributed by atoms with Gasteiger partial charge in [0.15, 0.2) is 0 Å². The van der Waals surface area contributed by atoms with Crippen LogP contribution in [0.2, 0.25) is 0 Å². The Balaban J connectivity index is 1.95. The van der Waals surface area contributed by atoms with Crippen LogP contribution in [0.1, 0.15) is 18.2 Å². The third kappa shape index (κ3) is 2.62. The Kier molecular flexibility index (Phi) is 3.88. The molecule has 0 aliphatic heterocycles. The van der Waals surface area contributed by atoms with Gasteiger partial charge in [0.05, 0.1) is 17.4 Å². The van der Waals surface area contributed by atoms with Gasteiger partial charge in [0, 0.05) is 24.7 Å². The molecule has 2 heterocycles. The zero-order chi connectivity index (χ0) is 14.7. The highest BCUT2D eigenvalue weighted by Gasteiger charge is 2.11. The summed E-state index contributed by atoms with van der Waals surface area (Å²) in [6, 6.07) is 12.2. The van der Waals surface area contributed by atoms with E-state index in [4.69, 9.17) is 10.5 Å². The summed E-state index contributed by atoms with van der Waals surface area (Å²) in [5.74, 6) is 0.782. The smallest absolute Gasteiger partial charge is 0.138 e. The molecule has 0 radical (unpaired) electrons. The zero-order valence-electron chi connectivity index (χ0n) is 12.1. The number of aryl methyl sites for hydroxylation is 1. The molecule has 21 heavy (non-hydrogen) atoms. The molecule has 0 bridgehead atoms. The van der Waals surface area contributed by atoms with Gasteiger partial charge in [-0.3, -0.25) is 4.98 Å². The highest BCUT2D eigenvalue weighted by atomic mass is 16.5. The summed E-state index contributed by atoms with van der Waals surface area (Å²) >= 11 is 0. The van der Waals surface area contributed by atoms with E-state index in [1.807, 2.05) is 12.1 Å². The Morgan fingerprint density at radius 1 is 1.24 bits per heavy atom. The first kappa shape index (κ1) is 13.6. The van der Waals surface area contributed by atoms with E-state index in [0.717, 1.165) is 18.0 Å². The van der Waals surface area contributed by atoms with E-state index in [1.165, 1.54) is 16.5 Å². The summed E-state index contributed by atoms with van der Waals surface area (Å²) in [6.45, 7) is 4.11. The number of rotatable bonds is 5. The number of benzene rings is 1. The summed E-state index contributed by atoms with van der Waals surface area (Å²) in [6.07, 6.45) is 3.47. The molecule has 3 aromatic rings. The van der Waals surface area contributed by atoms with E-state index in [9.17, 15) is 0 Å². The van der Waals surface area contributed by atoms with Gasteiger partial charge in [0.1, 0.15) is 12.4 Å². The largest absolute Gasteiger partial charge is 0.486 e. The van der Waals surface area contributed by atoms with Gasteiger partial charge in [-0.25, -0.2) is 0 Å². The van der Waals surface area contributed by atoms with E-state index in [2.05, 4.69) is 40.7 Å². The lowest BCUT2D eigenvalue weighted by Crippen LogP contribution is -2.07. The average Bonchev–Trinajstić information content (AvgIpc) is 2.91. The van der Waals surface area contributed by atoms with Crippen molar-refractivity contribution in [2.45, 2.75) is 26.6 Å². The minimum atomic E-state index is 0.526. The lowest BCUT2D eigenvalue weighted by molar-refractivity contribution is 0.295. The van der Waals surface area contributed by atoms with Crippen LogP contribution < -0.4 is 10.5 Å². The maximum Gasteiger partial charge on any atom is 0.138 e. The van der Waals surface area contributed by atoms with Crippen molar-refractivity contribution in [2.75, 3.05) is 0 Å². The molecule has 0 unspecified atom stereocenters. The molecule has 0 atom stereocenters. The van der Waals surface area contributed by atoms with Gasteiger partial charge in [-0.1, -0.05) is 18.2 Å². The Labute approximate surface area is 124 Å². The molecule has 2 aromatic heterocycles. The first-order valence-corrected chi connectivity index (χ1v) is 7.16. The number of nitrogens with two attached hydrogens (primary N) is 1. The monoisotopic (exact) mass is 281 g/mol. The molecule has 0 saturated carbocycles. The number of pyridine rings is 1. The molecular weight excluding hydrogens is 262 g/mol. The number of hydrogen-bond acceptors (Lipinski definition) is 3. The standard InChI is InChI=1S/C17H19N3O/c1-2-20-15(12-21-16-7-4-8-19-11-16)9-13-5-3-6-14(10-18)17(13)20/h3-9,11H,2,10,12,18H2,1H3. The quantitative estimate of drug-likeness (QED) is 0.782. The highest BCUT2D eigenvalue weighted by molar-refractivity contribution is 5.84. The Bertz CT molecular complexity index is 734. The predicted octanol–water partition coefficient (Wildman–Crippen LogP) is 3.09. The Hall–Kier alpha value is -2.33. The van der Waals surface area contributed by atoms with Gasteiger partial charge in [-0.05, 0) is 30.7 Å². The molecule has 2 N–H and O–H groups in total. The summed E-state index contributed by atoms with van der Waals surface area (Å²) in [5, 5.41) is 1.21. The molecule has 4 nitrogen and oxygen atoms in total. The molecule has 4 heteroatoms. The van der Waals surface area contributed by atoms with E-state index in [1.54, 1.807) is 12.4 Å².